The highest BCUT2D eigenvalue weighted by molar-refractivity contribution is 5.90. The van der Waals surface area contributed by atoms with E-state index in [-0.39, 0.29) is 29.3 Å². The van der Waals surface area contributed by atoms with E-state index in [1.54, 1.807) is 11.9 Å². The van der Waals surface area contributed by atoms with Gasteiger partial charge in [0.05, 0.1) is 6.54 Å². The number of nitrogens with one attached hydrogen (secondary N) is 1. The number of hydrogen-bond donors (Lipinski definition) is 1. The lowest BCUT2D eigenvalue weighted by Crippen LogP contribution is -2.59. The van der Waals surface area contributed by atoms with Crippen LogP contribution >= 0.6 is 0 Å². The summed E-state index contributed by atoms with van der Waals surface area (Å²) in [6, 6.07) is 7.07. The molecule has 6 rings (SSSR count). The zero-order valence-electron chi connectivity index (χ0n) is 19.5. The Morgan fingerprint density at radius 3 is 2.25 bits per heavy atom. The Hall–Kier alpha value is -2.24. The molecular weight excluding hydrogens is 404 g/mol. The molecule has 4 aliphatic carbocycles. The first kappa shape index (κ1) is 21.6. The Morgan fingerprint density at radius 2 is 1.66 bits per heavy atom. The number of para-hydroxylation sites is 2. The van der Waals surface area contributed by atoms with Crippen molar-refractivity contribution in [1.29, 1.82) is 0 Å². The first-order valence-electron chi connectivity index (χ1n) is 12.3. The predicted molar refractivity (Wildman–Crippen MR) is 121 cm³/mol. The van der Waals surface area contributed by atoms with Crippen LogP contribution in [-0.2, 0) is 9.59 Å². The summed E-state index contributed by atoms with van der Waals surface area (Å²) in [5, 5.41) is 3.20. The number of nitrogens with zero attached hydrogens (tertiary/aromatic N) is 1. The van der Waals surface area contributed by atoms with Gasteiger partial charge in [-0.15, -0.1) is 0 Å². The van der Waals surface area contributed by atoms with E-state index in [2.05, 4.69) is 5.32 Å². The number of amides is 2. The van der Waals surface area contributed by atoms with E-state index in [4.69, 9.17) is 9.47 Å². The zero-order valence-corrected chi connectivity index (χ0v) is 19.5. The molecule has 0 unspecified atom stereocenters. The number of carbonyl (C=O) groups excluding carboxylic acids is 2. The monoisotopic (exact) mass is 440 g/mol. The highest BCUT2D eigenvalue weighted by Gasteiger charge is 2.55. The van der Waals surface area contributed by atoms with Crippen LogP contribution in [0, 0.1) is 29.1 Å². The van der Waals surface area contributed by atoms with Crippen LogP contribution in [-0.4, -0.2) is 49.1 Å². The van der Waals surface area contributed by atoms with Gasteiger partial charge in [0.1, 0.15) is 12.6 Å². The van der Waals surface area contributed by atoms with Crippen LogP contribution in [0.25, 0.3) is 0 Å². The number of ether oxygens (including phenoxy) is 2. The number of hydrogen-bond acceptors (Lipinski definition) is 4. The minimum atomic E-state index is -0.516. The summed E-state index contributed by atoms with van der Waals surface area (Å²) in [5.41, 5.74) is -0.245. The molecule has 6 nitrogen and oxygen atoms in total. The summed E-state index contributed by atoms with van der Waals surface area (Å²) >= 11 is 0. The third-order valence-corrected chi connectivity index (χ3v) is 8.16. The van der Waals surface area contributed by atoms with Gasteiger partial charge in [0.2, 0.25) is 11.8 Å². The van der Waals surface area contributed by atoms with Gasteiger partial charge in [0.25, 0.3) is 0 Å². The van der Waals surface area contributed by atoms with Gasteiger partial charge < -0.3 is 19.7 Å². The highest BCUT2D eigenvalue weighted by atomic mass is 16.6. The normalized spacial score (nSPS) is 33.1. The first-order valence-corrected chi connectivity index (χ1v) is 12.3. The number of carbonyl (C=O) groups is 2. The molecule has 0 spiro atoms. The van der Waals surface area contributed by atoms with E-state index in [1.165, 1.54) is 19.3 Å². The van der Waals surface area contributed by atoms with Crippen LogP contribution in [0.4, 0.5) is 0 Å². The Kier molecular flexibility index (Phi) is 5.58. The number of rotatable bonds is 6. The predicted octanol–water partition coefficient (Wildman–Crippen LogP) is 3.64. The average Bonchev–Trinajstić information content (AvgIpc) is 2.75. The first-order chi connectivity index (χ1) is 15.3. The van der Waals surface area contributed by atoms with Gasteiger partial charge in [0.15, 0.2) is 17.6 Å². The molecule has 1 aromatic rings. The minimum Gasteiger partial charge on any atom is -0.486 e. The molecule has 2 atom stereocenters. The summed E-state index contributed by atoms with van der Waals surface area (Å²) in [6.45, 7) is 4.84. The van der Waals surface area contributed by atoms with Crippen molar-refractivity contribution >= 4 is 11.8 Å². The van der Waals surface area contributed by atoms with Crippen LogP contribution in [0.2, 0.25) is 0 Å². The van der Waals surface area contributed by atoms with Gasteiger partial charge in [-0.25, -0.2) is 0 Å². The van der Waals surface area contributed by atoms with Crippen molar-refractivity contribution in [2.24, 2.45) is 29.1 Å². The lowest BCUT2D eigenvalue weighted by molar-refractivity contribution is -0.150. The maximum Gasteiger partial charge on any atom is 0.245 e. The maximum atomic E-state index is 13.5. The SMILES string of the molecule is CC(C)[C@@H](NC(=O)C12CC3CC(CC(C3)C1)C2)C(=O)N(C)C[C@H]1COc2ccccc2O1. The molecule has 1 aliphatic heterocycles. The lowest BCUT2D eigenvalue weighted by Gasteiger charge is -2.56. The van der Waals surface area contributed by atoms with Crippen molar-refractivity contribution < 1.29 is 19.1 Å². The van der Waals surface area contributed by atoms with Crippen molar-refractivity contribution in [3.63, 3.8) is 0 Å². The summed E-state index contributed by atoms with van der Waals surface area (Å²) in [6.07, 6.45) is 6.69. The van der Waals surface area contributed by atoms with E-state index in [1.807, 2.05) is 38.1 Å². The smallest absolute Gasteiger partial charge is 0.245 e. The lowest BCUT2D eigenvalue weighted by atomic mass is 9.49. The third-order valence-electron chi connectivity index (χ3n) is 8.16. The van der Waals surface area contributed by atoms with Crippen LogP contribution < -0.4 is 14.8 Å². The van der Waals surface area contributed by atoms with Gasteiger partial charge in [-0.3, -0.25) is 9.59 Å². The standard InChI is InChI=1S/C26H36N2O4/c1-16(2)23(27-25(30)26-11-17-8-18(12-26)10-19(9-17)13-26)24(29)28(3)14-20-15-31-21-6-4-5-7-22(21)32-20/h4-7,16-20,23H,8-15H2,1-3H3,(H,27,30)/t17?,18?,19?,20-,23+,26?/m0/s1. The van der Waals surface area contributed by atoms with Crippen molar-refractivity contribution in [3.8, 4) is 11.5 Å². The van der Waals surface area contributed by atoms with Crippen LogP contribution in [0.15, 0.2) is 24.3 Å². The maximum absolute atomic E-state index is 13.5. The summed E-state index contributed by atoms with van der Waals surface area (Å²) in [5.74, 6) is 3.63. The zero-order chi connectivity index (χ0) is 22.5. The summed E-state index contributed by atoms with van der Waals surface area (Å²) in [4.78, 5) is 28.6. The second-order valence-corrected chi connectivity index (χ2v) is 11.1. The molecule has 2 amide bonds. The minimum absolute atomic E-state index is 0.0204. The molecule has 0 radical (unpaired) electrons. The third kappa shape index (κ3) is 3.97. The fourth-order valence-corrected chi connectivity index (χ4v) is 6.98. The van der Waals surface area contributed by atoms with Crippen molar-refractivity contribution in [2.75, 3.05) is 20.2 Å². The van der Waals surface area contributed by atoms with Gasteiger partial charge in [-0.1, -0.05) is 26.0 Å². The molecule has 4 saturated carbocycles. The second-order valence-electron chi connectivity index (χ2n) is 11.1. The molecule has 1 aromatic carbocycles. The van der Waals surface area contributed by atoms with Crippen molar-refractivity contribution in [2.45, 2.75) is 64.5 Å². The van der Waals surface area contributed by atoms with Crippen molar-refractivity contribution in [1.82, 2.24) is 10.2 Å². The van der Waals surface area contributed by atoms with Crippen LogP contribution in [0.3, 0.4) is 0 Å². The van der Waals surface area contributed by atoms with E-state index in [0.29, 0.717) is 36.7 Å². The average molecular weight is 441 g/mol. The molecular formula is C26H36N2O4. The van der Waals surface area contributed by atoms with Gasteiger partial charge in [-0.2, -0.15) is 0 Å². The van der Waals surface area contributed by atoms with Crippen LogP contribution in [0.1, 0.15) is 52.4 Å². The summed E-state index contributed by atoms with van der Waals surface area (Å²) < 4.78 is 11.8. The highest BCUT2D eigenvalue weighted by Crippen LogP contribution is 2.60. The second kappa shape index (κ2) is 8.27. The van der Waals surface area contributed by atoms with E-state index >= 15 is 0 Å². The number of likely N-dealkylation sites (N-methyl/N-ethyl adjacent to an activating group) is 1. The molecule has 5 aliphatic rings. The molecule has 4 fully saturated rings. The molecule has 4 bridgehead atoms. The fourth-order valence-electron chi connectivity index (χ4n) is 6.98. The number of benzene rings is 1. The summed E-state index contributed by atoms with van der Waals surface area (Å²) in [7, 11) is 1.79. The van der Waals surface area contributed by atoms with Gasteiger partial charge in [-0.05, 0) is 74.3 Å². The quantitative estimate of drug-likeness (QED) is 0.733. The molecule has 0 saturated heterocycles. The Labute approximate surface area is 191 Å². The van der Waals surface area contributed by atoms with Crippen LogP contribution in [0.5, 0.6) is 11.5 Å². The largest absolute Gasteiger partial charge is 0.486 e. The van der Waals surface area contributed by atoms with E-state index in [0.717, 1.165) is 25.0 Å². The topological polar surface area (TPSA) is 67.9 Å². The Bertz CT molecular complexity index is 847. The Morgan fingerprint density at radius 1 is 1.06 bits per heavy atom. The Balaban J connectivity index is 1.23. The molecule has 0 aromatic heterocycles. The van der Waals surface area contributed by atoms with E-state index < -0.39 is 6.04 Å². The molecule has 1 N–H and O–H groups in total. The van der Waals surface area contributed by atoms with Gasteiger partial charge >= 0.3 is 0 Å². The molecule has 1 heterocycles. The molecule has 174 valence electrons. The van der Waals surface area contributed by atoms with Gasteiger partial charge in [0, 0.05) is 12.5 Å². The molecule has 32 heavy (non-hydrogen) atoms. The van der Waals surface area contributed by atoms with Crippen molar-refractivity contribution in [3.05, 3.63) is 24.3 Å². The number of fused-ring (bicyclic) bond motifs is 1. The van der Waals surface area contributed by atoms with E-state index in [9.17, 15) is 9.59 Å². The molecule has 6 heteroatoms. The fraction of sp³-hybridized carbons (Fsp3) is 0.692.